The molecule has 3 aromatic carbocycles. The molecule has 2 fully saturated rings. The summed E-state index contributed by atoms with van der Waals surface area (Å²) in [6.07, 6.45) is 2.74. The Labute approximate surface area is 263 Å². The lowest BCUT2D eigenvalue weighted by atomic mass is 9.83. The van der Waals surface area contributed by atoms with Crippen molar-refractivity contribution in [3.8, 4) is 0 Å². The van der Waals surface area contributed by atoms with Gasteiger partial charge in [0.2, 0.25) is 5.91 Å². The molecule has 2 saturated heterocycles. The average molecular weight is 625 g/mol. The van der Waals surface area contributed by atoms with Crippen molar-refractivity contribution in [2.24, 2.45) is 0 Å². The lowest BCUT2D eigenvalue weighted by Gasteiger charge is -2.48. The van der Waals surface area contributed by atoms with E-state index in [-0.39, 0.29) is 23.8 Å². The minimum Gasteiger partial charge on any atom is -0.357 e. The number of nitrogens with one attached hydrogen (secondary N) is 2. The summed E-state index contributed by atoms with van der Waals surface area (Å²) in [6.45, 7) is 3.88. The Balaban J connectivity index is 1.30. The molecule has 2 aliphatic rings. The predicted octanol–water partition coefficient (Wildman–Crippen LogP) is 5.39. The van der Waals surface area contributed by atoms with Gasteiger partial charge in [-0.3, -0.25) is 9.59 Å². The van der Waals surface area contributed by atoms with Crippen LogP contribution in [0.4, 0.5) is 4.79 Å². The van der Waals surface area contributed by atoms with E-state index >= 15 is 0 Å². The van der Waals surface area contributed by atoms with Crippen molar-refractivity contribution in [1.82, 2.24) is 25.3 Å². The first kappa shape index (κ1) is 31.1. The zero-order valence-electron chi connectivity index (χ0n) is 24.7. The van der Waals surface area contributed by atoms with E-state index in [1.54, 1.807) is 22.9 Å². The second-order valence-corrected chi connectivity index (χ2v) is 12.4. The Bertz CT molecular complexity index is 1490. The lowest BCUT2D eigenvalue weighted by Crippen LogP contribution is -2.67. The van der Waals surface area contributed by atoms with Gasteiger partial charge < -0.3 is 25.3 Å². The van der Waals surface area contributed by atoms with Gasteiger partial charge >= 0.3 is 6.03 Å². The topological polar surface area (TPSA) is 85.0 Å². The molecule has 0 bridgehead atoms. The molecular formula is C33H39Cl2N5O3. The summed E-state index contributed by atoms with van der Waals surface area (Å²) in [6, 6.07) is 19.3. The SMILES string of the molecule is CNC(=O)C1(N2CCCNC2=O)CCN(CC[C@H](CN(C)C(=O)c2cccc3ccccc23)c2ccc(Cl)c(Cl)c2)CC1. The number of amides is 4. The third-order valence-corrected chi connectivity index (χ3v) is 9.74. The molecule has 0 aromatic heterocycles. The van der Waals surface area contributed by atoms with Crippen molar-refractivity contribution in [3.63, 3.8) is 0 Å². The second kappa shape index (κ2) is 13.5. The van der Waals surface area contributed by atoms with E-state index in [9.17, 15) is 14.4 Å². The first-order valence-corrected chi connectivity index (χ1v) is 15.7. The van der Waals surface area contributed by atoms with Crippen LogP contribution in [0.3, 0.4) is 0 Å². The largest absolute Gasteiger partial charge is 0.357 e. The fourth-order valence-electron chi connectivity index (χ4n) is 6.54. The highest BCUT2D eigenvalue weighted by Crippen LogP contribution is 2.33. The van der Waals surface area contributed by atoms with Crippen molar-refractivity contribution in [2.75, 3.05) is 53.4 Å². The van der Waals surface area contributed by atoms with Crippen LogP contribution in [-0.2, 0) is 4.79 Å². The maximum atomic E-state index is 13.7. The van der Waals surface area contributed by atoms with E-state index in [0.717, 1.165) is 35.7 Å². The Morgan fingerprint density at radius 2 is 1.77 bits per heavy atom. The van der Waals surface area contributed by atoms with E-state index in [1.165, 1.54) is 0 Å². The van der Waals surface area contributed by atoms with Gasteiger partial charge in [0.25, 0.3) is 5.91 Å². The first-order chi connectivity index (χ1) is 20.7. The molecule has 2 aliphatic heterocycles. The number of hydrogen-bond donors (Lipinski definition) is 2. The van der Waals surface area contributed by atoms with Crippen molar-refractivity contribution in [3.05, 3.63) is 81.8 Å². The number of carbonyl (C=O) groups is 3. The molecule has 0 spiro atoms. The van der Waals surface area contributed by atoms with Crippen LogP contribution >= 0.6 is 23.2 Å². The highest BCUT2D eigenvalue weighted by Gasteiger charge is 2.48. The molecule has 1 atom stereocenters. The van der Waals surface area contributed by atoms with Gasteiger partial charge in [-0.05, 0) is 66.8 Å². The third-order valence-electron chi connectivity index (χ3n) is 9.00. The van der Waals surface area contributed by atoms with E-state index in [1.807, 2.05) is 61.6 Å². The maximum absolute atomic E-state index is 13.7. The Morgan fingerprint density at radius 3 is 2.49 bits per heavy atom. The van der Waals surface area contributed by atoms with E-state index in [4.69, 9.17) is 23.2 Å². The molecule has 8 nitrogen and oxygen atoms in total. The summed E-state index contributed by atoms with van der Waals surface area (Å²) >= 11 is 12.7. The Hall–Kier alpha value is -3.33. The Morgan fingerprint density at radius 1 is 1.02 bits per heavy atom. The van der Waals surface area contributed by atoms with Crippen LogP contribution in [0.1, 0.15) is 47.5 Å². The van der Waals surface area contributed by atoms with Crippen molar-refractivity contribution in [2.45, 2.75) is 37.1 Å². The number of likely N-dealkylation sites (tertiary alicyclic amines) is 1. The molecule has 2 N–H and O–H groups in total. The molecule has 3 aromatic rings. The number of fused-ring (bicyclic) bond motifs is 1. The van der Waals surface area contributed by atoms with Crippen LogP contribution in [0, 0.1) is 0 Å². The highest BCUT2D eigenvalue weighted by molar-refractivity contribution is 6.42. The lowest BCUT2D eigenvalue weighted by molar-refractivity contribution is -0.135. The van der Waals surface area contributed by atoms with Gasteiger partial charge in [-0.2, -0.15) is 0 Å². The van der Waals surface area contributed by atoms with Gasteiger partial charge in [-0.25, -0.2) is 4.79 Å². The van der Waals surface area contributed by atoms with Gasteiger partial charge in [-0.15, -0.1) is 0 Å². The first-order valence-electron chi connectivity index (χ1n) is 14.9. The number of nitrogens with zero attached hydrogens (tertiary/aromatic N) is 3. The van der Waals surface area contributed by atoms with Gasteiger partial charge in [-0.1, -0.05) is 65.7 Å². The number of benzene rings is 3. The zero-order valence-corrected chi connectivity index (χ0v) is 26.3. The number of piperidine rings is 1. The fraction of sp³-hybridized carbons (Fsp3) is 0.424. The molecule has 228 valence electrons. The number of hydrogen-bond acceptors (Lipinski definition) is 4. The Kier molecular flexibility index (Phi) is 9.79. The van der Waals surface area contributed by atoms with Crippen LogP contribution in [-0.4, -0.2) is 91.4 Å². The number of rotatable bonds is 9. The molecular weight excluding hydrogens is 585 g/mol. The standard InChI is InChI=1S/C33H39Cl2N5O3/c1-36-31(42)33(40-17-6-16-37-32(40)43)14-19-39(20-15-33)18-13-25(24-11-12-28(34)29(35)21-24)22-38(2)30(41)27-10-5-8-23-7-3-4-9-26(23)27/h3-5,7-12,21,25H,6,13-20,22H2,1-2H3,(H,36,42)(H,37,43)/t25-/m1/s1. The van der Waals surface area contributed by atoms with Crippen LogP contribution in [0.15, 0.2) is 60.7 Å². The smallest absolute Gasteiger partial charge is 0.318 e. The minimum absolute atomic E-state index is 0.0113. The summed E-state index contributed by atoms with van der Waals surface area (Å²) in [7, 11) is 3.48. The van der Waals surface area contributed by atoms with E-state index in [2.05, 4.69) is 15.5 Å². The third kappa shape index (κ3) is 6.61. The normalized spacial score (nSPS) is 17.8. The van der Waals surface area contributed by atoms with E-state index < -0.39 is 5.54 Å². The quantitative estimate of drug-likeness (QED) is 0.335. The summed E-state index contributed by atoms with van der Waals surface area (Å²) in [5, 5.41) is 8.65. The van der Waals surface area contributed by atoms with Crippen molar-refractivity contribution >= 4 is 51.8 Å². The summed E-state index contributed by atoms with van der Waals surface area (Å²) in [4.78, 5) is 45.4. The number of halogens is 2. The van der Waals surface area contributed by atoms with Crippen LogP contribution in [0.2, 0.25) is 10.0 Å². The van der Waals surface area contributed by atoms with E-state index in [0.29, 0.717) is 61.2 Å². The maximum Gasteiger partial charge on any atom is 0.318 e. The molecule has 10 heteroatoms. The minimum atomic E-state index is -0.843. The molecule has 0 saturated carbocycles. The van der Waals surface area contributed by atoms with Crippen LogP contribution in [0.25, 0.3) is 10.8 Å². The molecule has 0 radical (unpaired) electrons. The predicted molar refractivity (Wildman–Crippen MR) is 172 cm³/mol. The van der Waals surface area contributed by atoms with Gasteiger partial charge in [0.05, 0.1) is 10.0 Å². The number of likely N-dealkylation sites (N-methyl/N-ethyl adjacent to an activating group) is 2. The average Bonchev–Trinajstić information content (AvgIpc) is 3.03. The summed E-state index contributed by atoms with van der Waals surface area (Å²) in [5.74, 6) is -0.126. The molecule has 0 aliphatic carbocycles. The van der Waals surface area contributed by atoms with Gasteiger partial charge in [0.1, 0.15) is 5.54 Å². The summed E-state index contributed by atoms with van der Waals surface area (Å²) < 4.78 is 0. The fourth-order valence-corrected chi connectivity index (χ4v) is 6.84. The van der Waals surface area contributed by atoms with Gasteiger partial charge in [0.15, 0.2) is 0 Å². The second-order valence-electron chi connectivity index (χ2n) is 11.6. The summed E-state index contributed by atoms with van der Waals surface area (Å²) in [5.41, 5.74) is 0.856. The van der Waals surface area contributed by atoms with Crippen molar-refractivity contribution < 1.29 is 14.4 Å². The molecule has 43 heavy (non-hydrogen) atoms. The molecule has 5 rings (SSSR count). The number of carbonyl (C=O) groups excluding carboxylic acids is 3. The monoisotopic (exact) mass is 623 g/mol. The molecule has 0 unspecified atom stereocenters. The number of urea groups is 1. The van der Waals surface area contributed by atoms with Gasteiger partial charge in [0, 0.05) is 58.3 Å². The highest BCUT2D eigenvalue weighted by atomic mass is 35.5. The zero-order chi connectivity index (χ0) is 30.6. The molecule has 2 heterocycles. The van der Waals surface area contributed by atoms with Crippen molar-refractivity contribution in [1.29, 1.82) is 0 Å². The van der Waals surface area contributed by atoms with Crippen LogP contribution < -0.4 is 10.6 Å². The molecule has 4 amide bonds. The van der Waals surface area contributed by atoms with Crippen LogP contribution in [0.5, 0.6) is 0 Å².